The first-order valence-electron chi connectivity index (χ1n) is 7.71. The van der Waals surface area contributed by atoms with Crippen LogP contribution in [0.4, 0.5) is 0 Å². The van der Waals surface area contributed by atoms with Crippen molar-refractivity contribution in [1.29, 1.82) is 0 Å². The second kappa shape index (κ2) is 4.42. The van der Waals surface area contributed by atoms with Gasteiger partial charge >= 0.3 is 0 Å². The van der Waals surface area contributed by atoms with Gasteiger partial charge in [0, 0.05) is 11.5 Å². The first-order chi connectivity index (χ1) is 9.28. The van der Waals surface area contributed by atoms with E-state index >= 15 is 0 Å². The summed E-state index contributed by atoms with van der Waals surface area (Å²) >= 11 is 0. The normalized spacial score (nSPS) is 29.4. The Morgan fingerprint density at radius 1 is 1.25 bits per heavy atom. The lowest BCUT2D eigenvalue weighted by Crippen LogP contribution is -2.58. The van der Waals surface area contributed by atoms with Crippen LogP contribution < -0.4 is 0 Å². The van der Waals surface area contributed by atoms with Crippen LogP contribution in [0.2, 0.25) is 18.1 Å². The largest absolute Gasteiger partial charge is 0.386 e. The SMILES string of the molecule is CC(C)(C)[Si](C)(C)OC12OCCCC1c1ccccc12. The summed E-state index contributed by atoms with van der Waals surface area (Å²) in [6, 6.07) is 8.65. The Morgan fingerprint density at radius 3 is 2.65 bits per heavy atom. The zero-order chi connectivity index (χ0) is 14.6. The third-order valence-electron chi connectivity index (χ3n) is 5.34. The van der Waals surface area contributed by atoms with Gasteiger partial charge in [0.25, 0.3) is 0 Å². The lowest BCUT2D eigenvalue weighted by molar-refractivity contribution is -0.254. The van der Waals surface area contributed by atoms with Crippen LogP contribution >= 0.6 is 0 Å². The highest BCUT2D eigenvalue weighted by Crippen LogP contribution is 2.59. The van der Waals surface area contributed by atoms with E-state index in [4.69, 9.17) is 9.16 Å². The number of ether oxygens (including phenoxy) is 1. The Balaban J connectivity index is 1.98. The van der Waals surface area contributed by atoms with E-state index in [2.05, 4.69) is 58.1 Å². The van der Waals surface area contributed by atoms with Gasteiger partial charge in [-0.1, -0.05) is 45.0 Å². The van der Waals surface area contributed by atoms with E-state index in [1.54, 1.807) is 0 Å². The lowest BCUT2D eigenvalue weighted by Gasteiger charge is -2.57. The number of hydrogen-bond acceptors (Lipinski definition) is 2. The minimum atomic E-state index is -1.85. The van der Waals surface area contributed by atoms with E-state index in [0.29, 0.717) is 5.92 Å². The van der Waals surface area contributed by atoms with E-state index < -0.39 is 14.1 Å². The second-order valence-electron chi connectivity index (χ2n) is 7.66. The average molecular weight is 290 g/mol. The monoisotopic (exact) mass is 290 g/mol. The van der Waals surface area contributed by atoms with Crippen molar-refractivity contribution in [2.45, 2.75) is 63.5 Å². The molecule has 1 aliphatic carbocycles. The van der Waals surface area contributed by atoms with Gasteiger partial charge in [-0.15, -0.1) is 0 Å². The summed E-state index contributed by atoms with van der Waals surface area (Å²) in [5, 5.41) is 0.206. The second-order valence-corrected chi connectivity index (χ2v) is 12.4. The molecule has 3 rings (SSSR count). The van der Waals surface area contributed by atoms with Crippen molar-refractivity contribution in [2.75, 3.05) is 6.61 Å². The summed E-state index contributed by atoms with van der Waals surface area (Å²) in [7, 11) is -1.85. The van der Waals surface area contributed by atoms with Crippen molar-refractivity contribution in [3.05, 3.63) is 35.4 Å². The molecule has 0 amide bonds. The molecule has 0 N–H and O–H groups in total. The number of rotatable bonds is 2. The fourth-order valence-corrected chi connectivity index (χ4v) is 4.53. The van der Waals surface area contributed by atoms with E-state index in [0.717, 1.165) is 13.0 Å². The highest BCUT2D eigenvalue weighted by molar-refractivity contribution is 6.74. The molecule has 0 radical (unpaired) electrons. The molecule has 0 saturated carbocycles. The van der Waals surface area contributed by atoms with Crippen LogP contribution in [0, 0.1) is 0 Å². The van der Waals surface area contributed by atoms with Crippen molar-refractivity contribution < 1.29 is 9.16 Å². The molecule has 20 heavy (non-hydrogen) atoms. The highest BCUT2D eigenvalue weighted by atomic mass is 28.4. The fourth-order valence-electron chi connectivity index (χ4n) is 3.16. The molecule has 1 fully saturated rings. The summed E-state index contributed by atoms with van der Waals surface area (Å²) in [6.07, 6.45) is 2.33. The lowest BCUT2D eigenvalue weighted by atomic mass is 9.68. The molecule has 0 aromatic heterocycles. The van der Waals surface area contributed by atoms with Crippen molar-refractivity contribution >= 4 is 8.32 Å². The fraction of sp³-hybridized carbons (Fsp3) is 0.647. The average Bonchev–Trinajstić information content (AvgIpc) is 2.36. The van der Waals surface area contributed by atoms with Crippen LogP contribution in [0.1, 0.15) is 50.7 Å². The quantitative estimate of drug-likeness (QED) is 0.731. The third-order valence-corrected chi connectivity index (χ3v) is 9.76. The predicted molar refractivity (Wildman–Crippen MR) is 84.3 cm³/mol. The Kier molecular flexibility index (Phi) is 3.16. The van der Waals surface area contributed by atoms with Crippen LogP contribution in [0.25, 0.3) is 0 Å². The van der Waals surface area contributed by atoms with Crippen molar-refractivity contribution in [2.24, 2.45) is 0 Å². The van der Waals surface area contributed by atoms with Gasteiger partial charge in [0.1, 0.15) is 0 Å². The van der Waals surface area contributed by atoms with Gasteiger partial charge in [-0.05, 0) is 36.5 Å². The van der Waals surface area contributed by atoms with Crippen LogP contribution in [0.3, 0.4) is 0 Å². The first kappa shape index (κ1) is 14.3. The molecule has 2 nitrogen and oxygen atoms in total. The zero-order valence-corrected chi connectivity index (χ0v) is 14.3. The van der Waals surface area contributed by atoms with Crippen LogP contribution in [-0.4, -0.2) is 14.9 Å². The molecular weight excluding hydrogens is 264 g/mol. The molecule has 1 aromatic rings. The molecule has 110 valence electrons. The summed E-state index contributed by atoms with van der Waals surface area (Å²) in [4.78, 5) is 0. The number of fused-ring (bicyclic) bond motifs is 4. The third kappa shape index (κ3) is 1.91. The molecule has 2 aliphatic rings. The van der Waals surface area contributed by atoms with Gasteiger partial charge in [-0.2, -0.15) is 0 Å². The molecule has 1 saturated heterocycles. The maximum Gasteiger partial charge on any atom is 0.196 e. The Bertz CT molecular complexity index is 518. The summed E-state index contributed by atoms with van der Waals surface area (Å²) in [6.45, 7) is 12.3. The van der Waals surface area contributed by atoms with Crippen LogP contribution in [0.15, 0.2) is 24.3 Å². The molecule has 2 atom stereocenters. The molecular formula is C17H26O2Si. The topological polar surface area (TPSA) is 18.5 Å². The molecule has 1 heterocycles. The zero-order valence-electron chi connectivity index (χ0n) is 13.3. The minimum Gasteiger partial charge on any atom is -0.386 e. The standard InChI is InChI=1S/C17H26O2Si/c1-16(2,3)20(4,5)19-17-14-10-7-6-9-13(14)15(17)11-8-12-18-17/h6-7,9-10,15H,8,11-12H2,1-5H3. The smallest absolute Gasteiger partial charge is 0.196 e. The molecule has 1 aliphatic heterocycles. The van der Waals surface area contributed by atoms with E-state index in [1.807, 2.05) is 0 Å². The van der Waals surface area contributed by atoms with Crippen molar-refractivity contribution in [1.82, 2.24) is 0 Å². The van der Waals surface area contributed by atoms with Gasteiger partial charge < -0.3 is 9.16 Å². The summed E-state index contributed by atoms with van der Waals surface area (Å²) in [5.41, 5.74) is 2.71. The van der Waals surface area contributed by atoms with Gasteiger partial charge in [0.05, 0.1) is 6.61 Å². The Morgan fingerprint density at radius 2 is 1.95 bits per heavy atom. The van der Waals surface area contributed by atoms with Crippen molar-refractivity contribution in [3.8, 4) is 0 Å². The summed E-state index contributed by atoms with van der Waals surface area (Å²) in [5.74, 6) is -0.0146. The molecule has 3 heteroatoms. The minimum absolute atomic E-state index is 0.206. The Hall–Kier alpha value is -0.643. The van der Waals surface area contributed by atoms with E-state index in [9.17, 15) is 0 Å². The maximum atomic E-state index is 6.77. The Labute approximate surface area is 123 Å². The highest BCUT2D eigenvalue weighted by Gasteiger charge is 2.59. The molecule has 1 aromatic carbocycles. The van der Waals surface area contributed by atoms with Crippen LogP contribution in [-0.2, 0) is 14.9 Å². The molecule has 2 unspecified atom stereocenters. The van der Waals surface area contributed by atoms with Gasteiger partial charge in [-0.25, -0.2) is 0 Å². The van der Waals surface area contributed by atoms with Crippen LogP contribution in [0.5, 0.6) is 0 Å². The number of hydrogen-bond donors (Lipinski definition) is 0. The van der Waals surface area contributed by atoms with Gasteiger partial charge in [0.15, 0.2) is 14.1 Å². The van der Waals surface area contributed by atoms with Gasteiger partial charge in [-0.3, -0.25) is 0 Å². The maximum absolute atomic E-state index is 6.77. The van der Waals surface area contributed by atoms with Crippen molar-refractivity contribution in [3.63, 3.8) is 0 Å². The first-order valence-corrected chi connectivity index (χ1v) is 10.6. The van der Waals surface area contributed by atoms with E-state index in [-0.39, 0.29) is 5.04 Å². The molecule has 0 spiro atoms. The van der Waals surface area contributed by atoms with Gasteiger partial charge in [0.2, 0.25) is 0 Å². The predicted octanol–water partition coefficient (Wildman–Crippen LogP) is 4.77. The van der Waals surface area contributed by atoms with E-state index in [1.165, 1.54) is 17.5 Å². The number of benzene rings is 1. The summed E-state index contributed by atoms with van der Waals surface area (Å²) < 4.78 is 13.0. The molecule has 0 bridgehead atoms.